The largest absolute Gasteiger partial charge is 0.382 e. The number of carbonyl (C=O) groups is 1. The van der Waals surface area contributed by atoms with Gasteiger partial charge in [-0.05, 0) is 31.0 Å². The molecule has 0 radical (unpaired) electrons. The second kappa shape index (κ2) is 11.4. The summed E-state index contributed by atoms with van der Waals surface area (Å²) in [4.78, 5) is 19.6. The zero-order valence-electron chi connectivity index (χ0n) is 15.6. The standard InChI is InChI=1S/C18H29FN4O2/c1-5-25-12-6-11-20-18(21-13-17(24)22(2)3)23(4)14-15-7-9-16(19)10-8-15/h7-10H,5-6,11-14H2,1-4H3,(H,20,21). The maximum absolute atomic E-state index is 13.0. The summed E-state index contributed by atoms with van der Waals surface area (Å²) in [5.74, 6) is 0.311. The number of rotatable bonds is 9. The van der Waals surface area contributed by atoms with E-state index >= 15 is 0 Å². The Morgan fingerprint density at radius 2 is 1.92 bits per heavy atom. The van der Waals surface area contributed by atoms with Gasteiger partial charge in [0.15, 0.2) is 5.96 Å². The van der Waals surface area contributed by atoms with Gasteiger partial charge in [0, 0.05) is 47.4 Å². The number of nitrogens with one attached hydrogen (secondary N) is 1. The van der Waals surface area contributed by atoms with Crippen molar-refractivity contribution in [1.29, 1.82) is 0 Å². The number of amides is 1. The molecule has 25 heavy (non-hydrogen) atoms. The predicted molar refractivity (Wildman–Crippen MR) is 98.0 cm³/mol. The molecule has 1 N–H and O–H groups in total. The molecule has 0 aliphatic heterocycles. The van der Waals surface area contributed by atoms with Gasteiger partial charge in [0.1, 0.15) is 12.4 Å². The van der Waals surface area contributed by atoms with Crippen LogP contribution in [0.15, 0.2) is 29.3 Å². The highest BCUT2D eigenvalue weighted by Crippen LogP contribution is 2.06. The minimum atomic E-state index is -0.258. The first-order valence-electron chi connectivity index (χ1n) is 8.45. The SMILES string of the molecule is CCOCCCNC(=NCC(=O)N(C)C)N(C)Cc1ccc(F)cc1. The summed E-state index contributed by atoms with van der Waals surface area (Å²) in [6, 6.07) is 6.35. The van der Waals surface area contributed by atoms with Gasteiger partial charge >= 0.3 is 0 Å². The normalized spacial score (nSPS) is 11.3. The first-order chi connectivity index (χ1) is 11.9. The molecule has 0 saturated carbocycles. The van der Waals surface area contributed by atoms with E-state index in [9.17, 15) is 9.18 Å². The molecule has 0 saturated heterocycles. The number of hydrogen-bond donors (Lipinski definition) is 1. The lowest BCUT2D eigenvalue weighted by molar-refractivity contribution is -0.127. The van der Waals surface area contributed by atoms with Crippen molar-refractivity contribution in [3.63, 3.8) is 0 Å². The van der Waals surface area contributed by atoms with Gasteiger partial charge in [0.05, 0.1) is 0 Å². The summed E-state index contributed by atoms with van der Waals surface area (Å²) in [6.45, 7) is 4.67. The highest BCUT2D eigenvalue weighted by molar-refractivity contribution is 5.84. The fourth-order valence-electron chi connectivity index (χ4n) is 2.05. The molecule has 140 valence electrons. The van der Waals surface area contributed by atoms with Crippen LogP contribution in [0.1, 0.15) is 18.9 Å². The molecule has 1 amide bonds. The van der Waals surface area contributed by atoms with Crippen molar-refractivity contribution in [2.45, 2.75) is 19.9 Å². The monoisotopic (exact) mass is 352 g/mol. The third-order valence-electron chi connectivity index (χ3n) is 3.51. The van der Waals surface area contributed by atoms with Crippen LogP contribution >= 0.6 is 0 Å². The first kappa shape index (κ1) is 20.9. The van der Waals surface area contributed by atoms with Crippen LogP contribution in [0.25, 0.3) is 0 Å². The summed E-state index contributed by atoms with van der Waals surface area (Å²) >= 11 is 0. The van der Waals surface area contributed by atoms with E-state index in [-0.39, 0.29) is 18.3 Å². The number of nitrogens with zero attached hydrogens (tertiary/aromatic N) is 3. The van der Waals surface area contributed by atoms with Crippen LogP contribution in [-0.4, -0.2) is 69.1 Å². The molecule has 1 rings (SSSR count). The molecule has 1 aromatic carbocycles. The lowest BCUT2D eigenvalue weighted by atomic mass is 10.2. The van der Waals surface area contributed by atoms with Crippen molar-refractivity contribution in [3.8, 4) is 0 Å². The van der Waals surface area contributed by atoms with Crippen molar-refractivity contribution in [3.05, 3.63) is 35.6 Å². The number of hydrogen-bond acceptors (Lipinski definition) is 3. The van der Waals surface area contributed by atoms with Crippen molar-refractivity contribution in [1.82, 2.24) is 15.1 Å². The Balaban J connectivity index is 2.68. The molecule has 0 aliphatic rings. The van der Waals surface area contributed by atoms with E-state index in [1.807, 2.05) is 18.9 Å². The van der Waals surface area contributed by atoms with Crippen LogP contribution in [0.4, 0.5) is 4.39 Å². The minimum Gasteiger partial charge on any atom is -0.382 e. The van der Waals surface area contributed by atoms with Gasteiger partial charge < -0.3 is 19.9 Å². The van der Waals surface area contributed by atoms with E-state index in [1.54, 1.807) is 26.2 Å². The average Bonchev–Trinajstić information content (AvgIpc) is 2.58. The maximum Gasteiger partial charge on any atom is 0.243 e. The molecule has 0 atom stereocenters. The fraction of sp³-hybridized carbons (Fsp3) is 0.556. The number of carbonyl (C=O) groups excluding carboxylic acids is 1. The fourth-order valence-corrected chi connectivity index (χ4v) is 2.05. The second-order valence-corrected chi connectivity index (χ2v) is 5.89. The molecule has 0 heterocycles. The van der Waals surface area contributed by atoms with Crippen molar-refractivity contribution in [2.24, 2.45) is 4.99 Å². The molecule has 1 aromatic rings. The molecule has 0 aromatic heterocycles. The molecule has 0 spiro atoms. The van der Waals surface area contributed by atoms with Gasteiger partial charge in [-0.2, -0.15) is 0 Å². The van der Waals surface area contributed by atoms with Crippen LogP contribution in [-0.2, 0) is 16.1 Å². The van der Waals surface area contributed by atoms with Crippen LogP contribution in [0.3, 0.4) is 0 Å². The van der Waals surface area contributed by atoms with Crippen LogP contribution in [0, 0.1) is 5.82 Å². The molecule has 0 unspecified atom stereocenters. The van der Waals surface area contributed by atoms with Gasteiger partial charge in [-0.1, -0.05) is 12.1 Å². The number of likely N-dealkylation sites (N-methyl/N-ethyl adjacent to an activating group) is 1. The highest BCUT2D eigenvalue weighted by atomic mass is 19.1. The second-order valence-electron chi connectivity index (χ2n) is 5.89. The van der Waals surface area contributed by atoms with Gasteiger partial charge in [0.2, 0.25) is 5.91 Å². The van der Waals surface area contributed by atoms with E-state index < -0.39 is 0 Å². The summed E-state index contributed by atoms with van der Waals surface area (Å²) in [7, 11) is 5.29. The van der Waals surface area contributed by atoms with Crippen molar-refractivity contribution in [2.75, 3.05) is 47.4 Å². The molecular weight excluding hydrogens is 323 g/mol. The number of benzene rings is 1. The van der Waals surface area contributed by atoms with Gasteiger partial charge in [-0.25, -0.2) is 9.38 Å². The van der Waals surface area contributed by atoms with Crippen LogP contribution < -0.4 is 5.32 Å². The Kier molecular flexibility index (Phi) is 9.54. The van der Waals surface area contributed by atoms with Gasteiger partial charge in [0.25, 0.3) is 0 Å². The molecule has 0 fully saturated rings. The van der Waals surface area contributed by atoms with Crippen molar-refractivity contribution >= 4 is 11.9 Å². The smallest absolute Gasteiger partial charge is 0.243 e. The van der Waals surface area contributed by atoms with E-state index in [0.717, 1.165) is 12.0 Å². The molecule has 0 aliphatic carbocycles. The number of halogens is 1. The summed E-state index contributed by atoms with van der Waals surface area (Å²) in [6.07, 6.45) is 0.846. The Bertz CT molecular complexity index is 547. The number of ether oxygens (including phenoxy) is 1. The van der Waals surface area contributed by atoms with Crippen LogP contribution in [0.5, 0.6) is 0 Å². The molecular formula is C18H29FN4O2. The Hall–Kier alpha value is -2.15. The van der Waals surface area contributed by atoms with Crippen molar-refractivity contribution < 1.29 is 13.9 Å². The number of aliphatic imine (C=N–C) groups is 1. The quantitative estimate of drug-likeness (QED) is 0.418. The van der Waals surface area contributed by atoms with E-state index in [2.05, 4.69) is 10.3 Å². The average molecular weight is 352 g/mol. The summed E-state index contributed by atoms with van der Waals surface area (Å²) < 4.78 is 18.4. The predicted octanol–water partition coefficient (Wildman–Crippen LogP) is 1.72. The lowest BCUT2D eigenvalue weighted by Crippen LogP contribution is -2.40. The molecule has 6 nitrogen and oxygen atoms in total. The van der Waals surface area contributed by atoms with E-state index in [4.69, 9.17) is 4.74 Å². The Labute approximate surface area is 149 Å². The van der Waals surface area contributed by atoms with E-state index in [0.29, 0.717) is 32.3 Å². The topological polar surface area (TPSA) is 57.2 Å². The van der Waals surface area contributed by atoms with Gasteiger partial charge in [-0.15, -0.1) is 0 Å². The van der Waals surface area contributed by atoms with Crippen LogP contribution in [0.2, 0.25) is 0 Å². The lowest BCUT2D eigenvalue weighted by Gasteiger charge is -2.23. The zero-order valence-corrected chi connectivity index (χ0v) is 15.6. The Morgan fingerprint density at radius 3 is 2.52 bits per heavy atom. The summed E-state index contributed by atoms with van der Waals surface area (Å²) in [5, 5.41) is 3.26. The van der Waals surface area contributed by atoms with E-state index in [1.165, 1.54) is 17.0 Å². The first-order valence-corrected chi connectivity index (χ1v) is 8.45. The Morgan fingerprint density at radius 1 is 1.24 bits per heavy atom. The highest BCUT2D eigenvalue weighted by Gasteiger charge is 2.09. The summed E-state index contributed by atoms with van der Waals surface area (Å²) in [5.41, 5.74) is 0.964. The molecule has 0 bridgehead atoms. The zero-order chi connectivity index (χ0) is 18.7. The minimum absolute atomic E-state index is 0.0659. The number of guanidine groups is 1. The third-order valence-corrected chi connectivity index (χ3v) is 3.51. The maximum atomic E-state index is 13.0. The molecule has 7 heteroatoms. The third kappa shape index (κ3) is 8.49. The van der Waals surface area contributed by atoms with Gasteiger partial charge in [-0.3, -0.25) is 4.79 Å².